The van der Waals surface area contributed by atoms with Crippen LogP contribution in [0.25, 0.3) is 0 Å². The van der Waals surface area contributed by atoms with E-state index in [-0.39, 0.29) is 24.3 Å². The third-order valence-corrected chi connectivity index (χ3v) is 2.21. The Morgan fingerprint density at radius 3 is 2.88 bits per heavy atom. The number of ether oxygens (including phenoxy) is 1. The van der Waals surface area contributed by atoms with Crippen molar-refractivity contribution in [2.24, 2.45) is 0 Å². The number of amides is 1. The van der Waals surface area contributed by atoms with Crippen LogP contribution in [0.4, 0.5) is 0 Å². The van der Waals surface area contributed by atoms with Crippen LogP contribution in [0.3, 0.4) is 0 Å². The summed E-state index contributed by atoms with van der Waals surface area (Å²) in [6.45, 7) is 1.83. The van der Waals surface area contributed by atoms with Crippen molar-refractivity contribution in [3.8, 4) is 0 Å². The van der Waals surface area contributed by atoms with Crippen molar-refractivity contribution in [2.75, 3.05) is 14.2 Å². The van der Waals surface area contributed by atoms with Gasteiger partial charge in [0.2, 0.25) is 0 Å². The Hall–Kier alpha value is -1.85. The van der Waals surface area contributed by atoms with Gasteiger partial charge in [0.1, 0.15) is 5.69 Å². The van der Waals surface area contributed by atoms with E-state index in [9.17, 15) is 9.59 Å². The molecular weight excluding hydrogens is 210 g/mol. The van der Waals surface area contributed by atoms with Crippen molar-refractivity contribution in [3.05, 3.63) is 18.0 Å². The lowest BCUT2D eigenvalue weighted by Gasteiger charge is -2.09. The van der Waals surface area contributed by atoms with E-state index >= 15 is 0 Å². The van der Waals surface area contributed by atoms with Crippen molar-refractivity contribution in [1.29, 1.82) is 0 Å². The second-order valence-electron chi connectivity index (χ2n) is 3.39. The highest BCUT2D eigenvalue weighted by molar-refractivity contribution is 5.91. The normalized spacial score (nSPS) is 11.9. The van der Waals surface area contributed by atoms with Crippen LogP contribution in [0.2, 0.25) is 0 Å². The molecule has 1 rings (SSSR count). The Balaban J connectivity index is 2.70. The first-order chi connectivity index (χ1) is 7.58. The summed E-state index contributed by atoms with van der Waals surface area (Å²) >= 11 is 0. The van der Waals surface area contributed by atoms with E-state index in [0.29, 0.717) is 5.69 Å². The van der Waals surface area contributed by atoms with Crippen LogP contribution in [0.5, 0.6) is 0 Å². The first-order valence-electron chi connectivity index (χ1n) is 4.92. The third kappa shape index (κ3) is 2.82. The lowest BCUT2D eigenvalue weighted by atomic mass is 10.2. The molecule has 0 aromatic carbocycles. The number of esters is 1. The van der Waals surface area contributed by atoms with Gasteiger partial charge in [-0.25, -0.2) is 0 Å². The van der Waals surface area contributed by atoms with Crippen LogP contribution in [-0.4, -0.2) is 35.8 Å². The summed E-state index contributed by atoms with van der Waals surface area (Å²) in [5, 5.41) is 6.54. The molecule has 0 spiro atoms. The van der Waals surface area contributed by atoms with Crippen molar-refractivity contribution >= 4 is 11.9 Å². The number of methoxy groups -OCH3 is 1. The minimum Gasteiger partial charge on any atom is -0.469 e. The molecule has 0 fully saturated rings. The van der Waals surface area contributed by atoms with Crippen molar-refractivity contribution in [3.63, 3.8) is 0 Å². The van der Waals surface area contributed by atoms with Gasteiger partial charge in [0.05, 0.1) is 19.6 Å². The summed E-state index contributed by atoms with van der Waals surface area (Å²) in [5.74, 6) is -0.548. The summed E-state index contributed by atoms with van der Waals surface area (Å²) in [5.41, 5.74) is 0.333. The smallest absolute Gasteiger partial charge is 0.307 e. The van der Waals surface area contributed by atoms with E-state index in [4.69, 9.17) is 0 Å². The van der Waals surface area contributed by atoms with E-state index < -0.39 is 0 Å². The quantitative estimate of drug-likeness (QED) is 0.751. The largest absolute Gasteiger partial charge is 0.469 e. The summed E-state index contributed by atoms with van der Waals surface area (Å²) < 4.78 is 6.13. The standard InChI is InChI=1S/C10H15N3O3/c1-7(6-9(14)16-3)13-5-4-8(12-13)10(15)11-2/h4-5,7H,6H2,1-3H3,(H,11,15). The summed E-state index contributed by atoms with van der Waals surface area (Å²) in [6.07, 6.45) is 1.89. The fourth-order valence-corrected chi connectivity index (χ4v) is 1.25. The van der Waals surface area contributed by atoms with Gasteiger partial charge < -0.3 is 10.1 Å². The number of nitrogens with one attached hydrogen (secondary N) is 1. The maximum absolute atomic E-state index is 11.2. The summed E-state index contributed by atoms with van der Waals surface area (Å²) in [7, 11) is 2.88. The van der Waals surface area contributed by atoms with Crippen molar-refractivity contribution < 1.29 is 14.3 Å². The Morgan fingerprint density at radius 1 is 1.62 bits per heavy atom. The summed E-state index contributed by atoms with van der Waals surface area (Å²) in [4.78, 5) is 22.3. The molecule has 0 radical (unpaired) electrons. The van der Waals surface area contributed by atoms with Gasteiger partial charge in [-0.05, 0) is 13.0 Å². The molecule has 6 nitrogen and oxygen atoms in total. The molecule has 1 heterocycles. The zero-order valence-corrected chi connectivity index (χ0v) is 9.56. The van der Waals surface area contributed by atoms with E-state index in [1.54, 1.807) is 24.0 Å². The Morgan fingerprint density at radius 2 is 2.31 bits per heavy atom. The number of hydrogen-bond acceptors (Lipinski definition) is 4. The highest BCUT2D eigenvalue weighted by Crippen LogP contribution is 2.10. The fraction of sp³-hybridized carbons (Fsp3) is 0.500. The topological polar surface area (TPSA) is 73.2 Å². The molecule has 0 saturated carbocycles. The molecule has 0 aliphatic heterocycles. The second kappa shape index (κ2) is 5.29. The zero-order chi connectivity index (χ0) is 12.1. The average molecular weight is 225 g/mol. The van der Waals surface area contributed by atoms with Gasteiger partial charge in [-0.3, -0.25) is 14.3 Å². The second-order valence-corrected chi connectivity index (χ2v) is 3.39. The molecular formula is C10H15N3O3. The van der Waals surface area contributed by atoms with Crippen LogP contribution >= 0.6 is 0 Å². The SMILES string of the molecule is CNC(=O)c1ccn(C(C)CC(=O)OC)n1. The highest BCUT2D eigenvalue weighted by Gasteiger charge is 2.14. The number of carbonyl (C=O) groups excluding carboxylic acids is 2. The lowest BCUT2D eigenvalue weighted by Crippen LogP contribution is -2.19. The molecule has 1 unspecified atom stereocenters. The van der Waals surface area contributed by atoms with Gasteiger partial charge in [0.25, 0.3) is 5.91 Å². The third-order valence-electron chi connectivity index (χ3n) is 2.21. The number of carbonyl (C=O) groups is 2. The van der Waals surface area contributed by atoms with Gasteiger partial charge in [0.15, 0.2) is 0 Å². The Labute approximate surface area is 93.6 Å². The monoisotopic (exact) mass is 225 g/mol. The molecule has 0 bridgehead atoms. The molecule has 0 aliphatic carbocycles. The fourth-order valence-electron chi connectivity index (χ4n) is 1.25. The van der Waals surface area contributed by atoms with Gasteiger partial charge >= 0.3 is 5.97 Å². The van der Waals surface area contributed by atoms with Crippen LogP contribution < -0.4 is 5.32 Å². The lowest BCUT2D eigenvalue weighted by molar-refractivity contribution is -0.141. The molecule has 1 aromatic rings. The molecule has 6 heteroatoms. The molecule has 1 atom stereocenters. The number of hydrogen-bond donors (Lipinski definition) is 1. The molecule has 88 valence electrons. The minimum atomic E-state index is -0.301. The molecule has 1 N–H and O–H groups in total. The van der Waals surface area contributed by atoms with Crippen LogP contribution in [0.15, 0.2) is 12.3 Å². The van der Waals surface area contributed by atoms with Crippen LogP contribution in [0, 0.1) is 0 Å². The number of nitrogens with zero attached hydrogens (tertiary/aromatic N) is 2. The zero-order valence-electron chi connectivity index (χ0n) is 9.56. The average Bonchev–Trinajstić information content (AvgIpc) is 2.77. The minimum absolute atomic E-state index is 0.133. The van der Waals surface area contributed by atoms with Gasteiger partial charge in [-0.2, -0.15) is 5.10 Å². The molecule has 0 saturated heterocycles. The Bertz CT molecular complexity index is 386. The van der Waals surface area contributed by atoms with Crippen LogP contribution in [0.1, 0.15) is 29.9 Å². The number of rotatable bonds is 4. The maximum Gasteiger partial charge on any atom is 0.307 e. The van der Waals surface area contributed by atoms with Crippen molar-refractivity contribution in [1.82, 2.24) is 15.1 Å². The van der Waals surface area contributed by atoms with E-state index in [0.717, 1.165) is 0 Å². The van der Waals surface area contributed by atoms with Gasteiger partial charge in [-0.1, -0.05) is 0 Å². The predicted octanol–water partition coefficient (Wildman–Crippen LogP) is 0.367. The first-order valence-corrected chi connectivity index (χ1v) is 4.92. The number of aromatic nitrogens is 2. The van der Waals surface area contributed by atoms with Gasteiger partial charge in [-0.15, -0.1) is 0 Å². The molecule has 0 aliphatic rings. The summed E-state index contributed by atoms with van der Waals surface area (Å²) in [6, 6.07) is 1.47. The Kier molecular flexibility index (Phi) is 4.04. The molecule has 1 amide bonds. The highest BCUT2D eigenvalue weighted by atomic mass is 16.5. The maximum atomic E-state index is 11.2. The van der Waals surface area contributed by atoms with Crippen molar-refractivity contribution in [2.45, 2.75) is 19.4 Å². The van der Waals surface area contributed by atoms with E-state index in [2.05, 4.69) is 15.2 Å². The van der Waals surface area contributed by atoms with E-state index in [1.807, 2.05) is 6.92 Å². The van der Waals surface area contributed by atoms with Crippen LogP contribution in [-0.2, 0) is 9.53 Å². The van der Waals surface area contributed by atoms with E-state index in [1.165, 1.54) is 7.11 Å². The molecule has 16 heavy (non-hydrogen) atoms. The first kappa shape index (κ1) is 12.2. The van der Waals surface area contributed by atoms with Gasteiger partial charge in [0, 0.05) is 13.2 Å². The molecule has 1 aromatic heterocycles. The predicted molar refractivity (Wildman–Crippen MR) is 57.0 cm³/mol.